The lowest BCUT2D eigenvalue weighted by Crippen LogP contribution is -2.18. The molecule has 0 radical (unpaired) electrons. The number of nitrogens with zero attached hydrogens (tertiary/aromatic N) is 2. The van der Waals surface area contributed by atoms with E-state index >= 15 is 0 Å². The molecule has 170 valence electrons. The van der Waals surface area contributed by atoms with Crippen molar-refractivity contribution in [1.29, 1.82) is 0 Å². The fourth-order valence-corrected chi connectivity index (χ4v) is 4.10. The first-order chi connectivity index (χ1) is 15.1. The Hall–Kier alpha value is -2.83. The van der Waals surface area contributed by atoms with E-state index in [-0.39, 0.29) is 21.3 Å². The summed E-state index contributed by atoms with van der Waals surface area (Å²) in [5, 5.41) is 6.02. The van der Waals surface area contributed by atoms with Crippen LogP contribution in [0.15, 0.2) is 64.6 Å². The van der Waals surface area contributed by atoms with Crippen LogP contribution in [0.1, 0.15) is 5.56 Å². The molecule has 2 aromatic carbocycles. The topological polar surface area (TPSA) is 96.0 Å². The van der Waals surface area contributed by atoms with Crippen molar-refractivity contribution in [3.63, 3.8) is 0 Å². The lowest BCUT2D eigenvalue weighted by molar-refractivity contribution is -0.105. The minimum Gasteiger partial charge on any atom is -0.340 e. The molecule has 0 atom stereocenters. The predicted octanol–water partition coefficient (Wildman–Crippen LogP) is 4.83. The molecular weight excluding hydrogens is 463 g/mol. The summed E-state index contributed by atoms with van der Waals surface area (Å²) in [4.78, 5) is 8.37. The van der Waals surface area contributed by atoms with Crippen molar-refractivity contribution < 1.29 is 21.6 Å². The Morgan fingerprint density at radius 1 is 0.969 bits per heavy atom. The highest BCUT2D eigenvalue weighted by Gasteiger charge is 2.28. The van der Waals surface area contributed by atoms with Gasteiger partial charge >= 0.3 is 6.18 Å². The normalized spacial score (nSPS) is 11.9. The second-order valence-electron chi connectivity index (χ2n) is 6.67. The van der Waals surface area contributed by atoms with Crippen LogP contribution < -0.4 is 15.4 Å². The van der Waals surface area contributed by atoms with E-state index in [1.165, 1.54) is 31.6 Å². The largest absolute Gasteiger partial charge is 0.398 e. The zero-order chi connectivity index (χ0) is 23.4. The molecule has 0 saturated carbocycles. The highest BCUT2D eigenvalue weighted by molar-refractivity contribution is 7.99. The van der Waals surface area contributed by atoms with Crippen molar-refractivity contribution >= 4 is 44.8 Å². The number of rotatable bonds is 8. The van der Waals surface area contributed by atoms with Gasteiger partial charge in [0.25, 0.3) is 0 Å². The van der Waals surface area contributed by atoms with E-state index in [2.05, 4.69) is 25.3 Å². The molecule has 3 N–H and O–H groups in total. The molecule has 1 heterocycles. The van der Waals surface area contributed by atoms with Gasteiger partial charge < -0.3 is 10.6 Å². The number of aryl methyl sites for hydroxylation is 1. The molecule has 12 heteroatoms. The number of thioether (sulfide) groups is 1. The van der Waals surface area contributed by atoms with E-state index in [1.807, 2.05) is 31.2 Å². The van der Waals surface area contributed by atoms with E-state index in [9.17, 15) is 21.6 Å². The van der Waals surface area contributed by atoms with Gasteiger partial charge in [-0.2, -0.15) is 13.2 Å². The van der Waals surface area contributed by atoms with Crippen molar-refractivity contribution in [3.05, 3.63) is 60.4 Å². The highest BCUT2D eigenvalue weighted by Crippen LogP contribution is 2.35. The highest BCUT2D eigenvalue weighted by atomic mass is 32.2. The van der Waals surface area contributed by atoms with Crippen LogP contribution in [0.25, 0.3) is 0 Å². The maximum absolute atomic E-state index is 12.7. The van der Waals surface area contributed by atoms with Crippen molar-refractivity contribution in [1.82, 2.24) is 14.7 Å². The first-order valence-electron chi connectivity index (χ1n) is 9.26. The monoisotopic (exact) mass is 483 g/mol. The minimum absolute atomic E-state index is 0.0917. The molecule has 0 bridgehead atoms. The Morgan fingerprint density at radius 2 is 1.62 bits per heavy atom. The number of alkyl halides is 3. The second-order valence-corrected chi connectivity index (χ2v) is 9.58. The first kappa shape index (κ1) is 23.8. The third-order valence-electron chi connectivity index (χ3n) is 4.18. The van der Waals surface area contributed by atoms with Gasteiger partial charge in [-0.3, -0.25) is 0 Å². The molecule has 0 spiro atoms. The van der Waals surface area contributed by atoms with Gasteiger partial charge in [0.05, 0.1) is 16.3 Å². The number of benzene rings is 2. The van der Waals surface area contributed by atoms with Crippen LogP contribution in [-0.2, 0) is 10.0 Å². The van der Waals surface area contributed by atoms with Gasteiger partial charge in [0.15, 0.2) is 0 Å². The molecule has 7 nitrogen and oxygen atoms in total. The van der Waals surface area contributed by atoms with Gasteiger partial charge in [-0.25, -0.2) is 23.1 Å². The molecule has 0 unspecified atom stereocenters. The molecule has 3 rings (SSSR count). The lowest BCUT2D eigenvalue weighted by atomic mass is 10.2. The maximum atomic E-state index is 12.7. The molecule has 0 aliphatic carbocycles. The van der Waals surface area contributed by atoms with Crippen molar-refractivity contribution in [2.75, 3.05) is 23.4 Å². The Morgan fingerprint density at radius 3 is 2.25 bits per heavy atom. The lowest BCUT2D eigenvalue weighted by Gasteiger charge is -2.15. The zero-order valence-electron chi connectivity index (χ0n) is 17.1. The van der Waals surface area contributed by atoms with E-state index in [1.54, 1.807) is 6.07 Å². The van der Waals surface area contributed by atoms with E-state index in [0.717, 1.165) is 11.3 Å². The van der Waals surface area contributed by atoms with E-state index in [0.29, 0.717) is 17.6 Å². The molecule has 0 saturated heterocycles. The summed E-state index contributed by atoms with van der Waals surface area (Å²) in [5.74, 6) is -0.388. The van der Waals surface area contributed by atoms with Gasteiger partial charge in [0, 0.05) is 16.6 Å². The van der Waals surface area contributed by atoms with Crippen LogP contribution in [0.2, 0.25) is 0 Å². The number of aromatic nitrogens is 2. The zero-order valence-corrected chi connectivity index (χ0v) is 18.7. The summed E-state index contributed by atoms with van der Waals surface area (Å²) in [6.45, 7) is 1.97. The third-order valence-corrected chi connectivity index (χ3v) is 6.73. The first-order valence-corrected chi connectivity index (χ1v) is 11.7. The molecule has 1 aromatic heterocycles. The van der Waals surface area contributed by atoms with Gasteiger partial charge in [-0.1, -0.05) is 17.7 Å². The maximum Gasteiger partial charge on any atom is 0.398 e. The van der Waals surface area contributed by atoms with Crippen molar-refractivity contribution in [3.8, 4) is 0 Å². The van der Waals surface area contributed by atoms with Gasteiger partial charge in [0.1, 0.15) is 18.0 Å². The van der Waals surface area contributed by atoms with Gasteiger partial charge in [0.2, 0.25) is 10.0 Å². The molecule has 3 aromatic rings. The number of nitrogens with one attached hydrogen (secondary N) is 3. The summed E-state index contributed by atoms with van der Waals surface area (Å²) in [7, 11) is -2.54. The van der Waals surface area contributed by atoms with Crippen LogP contribution in [0.5, 0.6) is 0 Å². The van der Waals surface area contributed by atoms with Crippen LogP contribution in [0.4, 0.5) is 36.2 Å². The number of hydrogen-bond donors (Lipinski definition) is 3. The summed E-state index contributed by atoms with van der Waals surface area (Å²) in [5.41, 5.74) is 2.07. The van der Waals surface area contributed by atoms with Crippen LogP contribution in [-0.4, -0.2) is 37.4 Å². The predicted molar refractivity (Wildman–Crippen MR) is 119 cm³/mol. The fourth-order valence-electron chi connectivity index (χ4n) is 2.59. The molecule has 0 aliphatic rings. The Balaban J connectivity index is 1.89. The third kappa shape index (κ3) is 6.58. The standard InChI is InChI=1S/C20H20F3N5O2S2/c1-13-3-5-14(6-4-13)27-18-10-19(26-12-25-18)28-16-9-15(32(29,30)24-2)7-8-17(16)31-11-20(21,22)23/h3-10,12,24H,11H2,1-2H3,(H2,25,26,27,28). The number of hydrogen-bond acceptors (Lipinski definition) is 7. The minimum atomic E-state index is -4.38. The average Bonchev–Trinajstić information content (AvgIpc) is 2.74. The average molecular weight is 484 g/mol. The summed E-state index contributed by atoms with van der Waals surface area (Å²) in [6, 6.07) is 13.0. The second kappa shape index (κ2) is 9.76. The SMILES string of the molecule is CNS(=O)(=O)c1ccc(SCC(F)(F)F)c(Nc2cc(Nc3ccc(C)cc3)ncn2)c1. The molecule has 0 fully saturated rings. The molecule has 32 heavy (non-hydrogen) atoms. The molecule has 0 aliphatic heterocycles. The number of sulfonamides is 1. The fraction of sp³-hybridized carbons (Fsp3) is 0.200. The smallest absolute Gasteiger partial charge is 0.340 e. The number of anilines is 4. The quantitative estimate of drug-likeness (QED) is 0.395. The summed E-state index contributed by atoms with van der Waals surface area (Å²) >= 11 is 0.547. The van der Waals surface area contributed by atoms with Crippen molar-refractivity contribution in [2.24, 2.45) is 0 Å². The van der Waals surface area contributed by atoms with E-state index < -0.39 is 22.0 Å². The Bertz CT molecular complexity index is 1190. The van der Waals surface area contributed by atoms with Crippen LogP contribution in [0.3, 0.4) is 0 Å². The summed E-state index contributed by atoms with van der Waals surface area (Å²) in [6.07, 6.45) is -3.09. The Labute approximate surface area is 187 Å². The van der Waals surface area contributed by atoms with Crippen molar-refractivity contribution in [2.45, 2.75) is 22.9 Å². The molecular formula is C20H20F3N5O2S2. The van der Waals surface area contributed by atoms with Crippen LogP contribution >= 0.6 is 11.8 Å². The number of halogens is 3. The van der Waals surface area contributed by atoms with Crippen LogP contribution in [0, 0.1) is 6.92 Å². The Kier molecular flexibility index (Phi) is 7.26. The van der Waals surface area contributed by atoms with Gasteiger partial charge in [-0.05, 0) is 44.3 Å². The van der Waals surface area contributed by atoms with E-state index in [4.69, 9.17) is 0 Å². The summed E-state index contributed by atoms with van der Waals surface area (Å²) < 4.78 is 64.7. The van der Waals surface area contributed by atoms with Gasteiger partial charge in [-0.15, -0.1) is 11.8 Å². The molecule has 0 amide bonds.